The molecule has 0 saturated heterocycles. The molecule has 4 nitrogen and oxygen atoms in total. The molecule has 29 heavy (non-hydrogen) atoms. The third-order valence-corrected chi connectivity index (χ3v) is 5.57. The lowest BCUT2D eigenvalue weighted by molar-refractivity contribution is -0.0190. The van der Waals surface area contributed by atoms with Gasteiger partial charge in [0.15, 0.2) is 0 Å². The first-order valence-corrected chi connectivity index (χ1v) is 10.2. The Morgan fingerprint density at radius 1 is 1.07 bits per heavy atom. The molecule has 3 aromatic carbocycles. The number of nitrogens with zero attached hydrogens (tertiary/aromatic N) is 2. The van der Waals surface area contributed by atoms with Crippen LogP contribution in [0.15, 0.2) is 77.9 Å². The summed E-state index contributed by atoms with van der Waals surface area (Å²) in [6.45, 7) is 2.64. The summed E-state index contributed by atoms with van der Waals surface area (Å²) < 4.78 is 11.9. The smallest absolute Gasteiger partial charge is 0.213 e. The molecule has 0 spiro atoms. The van der Waals surface area contributed by atoms with E-state index in [1.807, 2.05) is 55.5 Å². The van der Waals surface area contributed by atoms with Crippen molar-refractivity contribution in [2.45, 2.75) is 25.6 Å². The molecule has 146 valence electrons. The number of hydrogen-bond acceptors (Lipinski definition) is 4. The van der Waals surface area contributed by atoms with Gasteiger partial charge in [0.25, 0.3) is 0 Å². The van der Waals surface area contributed by atoms with Gasteiger partial charge in [-0.05, 0) is 55.0 Å². The van der Waals surface area contributed by atoms with E-state index in [0.29, 0.717) is 11.6 Å². The van der Waals surface area contributed by atoms with E-state index in [4.69, 9.17) is 26.2 Å². The highest BCUT2D eigenvalue weighted by atomic mass is 35.5. The van der Waals surface area contributed by atoms with Crippen LogP contribution in [0.1, 0.15) is 42.3 Å². The molecule has 2 aliphatic rings. The Morgan fingerprint density at radius 3 is 2.62 bits per heavy atom. The van der Waals surface area contributed by atoms with Crippen LogP contribution in [0.25, 0.3) is 0 Å². The van der Waals surface area contributed by atoms with Gasteiger partial charge in [-0.2, -0.15) is 5.10 Å². The summed E-state index contributed by atoms with van der Waals surface area (Å²) in [6, 6.07) is 24.3. The minimum atomic E-state index is -0.268. The highest BCUT2D eigenvalue weighted by Gasteiger charge is 2.41. The summed E-state index contributed by atoms with van der Waals surface area (Å²) in [5.74, 6) is 1.74. The maximum absolute atomic E-state index is 6.36. The predicted molar refractivity (Wildman–Crippen MR) is 115 cm³/mol. The van der Waals surface area contributed by atoms with E-state index < -0.39 is 0 Å². The summed E-state index contributed by atoms with van der Waals surface area (Å²) in [5.41, 5.74) is 4.29. The predicted octanol–water partition coefficient (Wildman–Crippen LogP) is 5.98. The third-order valence-electron chi connectivity index (χ3n) is 5.34. The second-order valence-corrected chi connectivity index (χ2v) is 7.60. The van der Waals surface area contributed by atoms with Crippen molar-refractivity contribution in [2.75, 3.05) is 6.61 Å². The van der Waals surface area contributed by atoms with E-state index in [1.165, 1.54) is 0 Å². The number of benzene rings is 3. The van der Waals surface area contributed by atoms with Crippen LogP contribution in [0.3, 0.4) is 0 Å². The molecule has 5 rings (SSSR count). The van der Waals surface area contributed by atoms with Crippen LogP contribution < -0.4 is 9.47 Å². The van der Waals surface area contributed by atoms with Crippen LogP contribution in [-0.4, -0.2) is 17.3 Å². The first-order chi connectivity index (χ1) is 14.2. The molecule has 0 aromatic heterocycles. The molecule has 0 radical (unpaired) electrons. The zero-order valence-electron chi connectivity index (χ0n) is 16.1. The van der Waals surface area contributed by atoms with Gasteiger partial charge in [-0.25, -0.2) is 5.01 Å². The van der Waals surface area contributed by atoms with Crippen LogP contribution >= 0.6 is 11.6 Å². The minimum absolute atomic E-state index is 0.0872. The Balaban J connectivity index is 1.54. The van der Waals surface area contributed by atoms with Crippen molar-refractivity contribution in [3.05, 3.63) is 94.5 Å². The quantitative estimate of drug-likeness (QED) is 0.536. The SMILES string of the molecule is CCOc1ccc(C2=NN3[C@@H](C2)c2cc(Cl)ccc2O[C@H]3c2ccccc2)cc1. The highest BCUT2D eigenvalue weighted by Crippen LogP contribution is 2.48. The summed E-state index contributed by atoms with van der Waals surface area (Å²) in [5, 5.41) is 7.76. The van der Waals surface area contributed by atoms with Crippen LogP contribution in [0.2, 0.25) is 5.02 Å². The van der Waals surface area contributed by atoms with Crippen LogP contribution in [0.4, 0.5) is 0 Å². The van der Waals surface area contributed by atoms with Crippen molar-refractivity contribution in [3.63, 3.8) is 0 Å². The molecule has 2 aliphatic heterocycles. The Kier molecular flexibility index (Phi) is 4.64. The number of halogens is 1. The summed E-state index contributed by atoms with van der Waals surface area (Å²) in [6.07, 6.45) is 0.531. The lowest BCUT2D eigenvalue weighted by Gasteiger charge is -2.38. The first-order valence-electron chi connectivity index (χ1n) is 9.83. The Labute approximate surface area is 175 Å². The largest absolute Gasteiger partial charge is 0.494 e. The normalized spacial score (nSPS) is 19.8. The lowest BCUT2D eigenvalue weighted by atomic mass is 9.96. The zero-order valence-corrected chi connectivity index (χ0v) is 16.8. The number of hydrogen-bond donors (Lipinski definition) is 0. The van der Waals surface area contributed by atoms with E-state index in [0.717, 1.165) is 40.3 Å². The van der Waals surface area contributed by atoms with Crippen molar-refractivity contribution < 1.29 is 9.47 Å². The molecular weight excluding hydrogens is 384 g/mol. The molecule has 0 fully saturated rings. The fourth-order valence-corrected chi connectivity index (χ4v) is 4.16. The Hall–Kier alpha value is -2.98. The van der Waals surface area contributed by atoms with Gasteiger partial charge in [-0.3, -0.25) is 0 Å². The van der Waals surface area contributed by atoms with E-state index in [-0.39, 0.29) is 12.3 Å². The number of ether oxygens (including phenoxy) is 2. The molecule has 0 N–H and O–H groups in total. The van der Waals surface area contributed by atoms with Crippen molar-refractivity contribution in [1.82, 2.24) is 5.01 Å². The van der Waals surface area contributed by atoms with E-state index in [9.17, 15) is 0 Å². The fourth-order valence-electron chi connectivity index (χ4n) is 3.98. The topological polar surface area (TPSA) is 34.1 Å². The second kappa shape index (κ2) is 7.45. The van der Waals surface area contributed by atoms with Crippen molar-refractivity contribution >= 4 is 17.3 Å². The van der Waals surface area contributed by atoms with Gasteiger partial charge < -0.3 is 9.47 Å². The molecule has 2 atom stereocenters. The summed E-state index contributed by atoms with van der Waals surface area (Å²) in [7, 11) is 0. The monoisotopic (exact) mass is 404 g/mol. The van der Waals surface area contributed by atoms with Gasteiger partial charge in [0.1, 0.15) is 11.5 Å². The van der Waals surface area contributed by atoms with Gasteiger partial charge in [-0.1, -0.05) is 41.9 Å². The molecule has 2 heterocycles. The van der Waals surface area contributed by atoms with Crippen molar-refractivity contribution in [1.29, 1.82) is 0 Å². The molecule has 0 saturated carbocycles. The van der Waals surface area contributed by atoms with Gasteiger partial charge in [0, 0.05) is 22.6 Å². The summed E-state index contributed by atoms with van der Waals surface area (Å²) in [4.78, 5) is 0. The number of fused-ring (bicyclic) bond motifs is 3. The Bertz CT molecular complexity index is 1050. The highest BCUT2D eigenvalue weighted by molar-refractivity contribution is 6.30. The number of rotatable bonds is 4. The number of hydrazone groups is 1. The molecule has 5 heteroatoms. The summed E-state index contributed by atoms with van der Waals surface area (Å²) >= 11 is 6.30. The van der Waals surface area contributed by atoms with E-state index in [2.05, 4.69) is 29.3 Å². The average molecular weight is 405 g/mol. The maximum Gasteiger partial charge on any atom is 0.213 e. The van der Waals surface area contributed by atoms with Crippen LogP contribution in [0.5, 0.6) is 11.5 Å². The zero-order chi connectivity index (χ0) is 19.8. The van der Waals surface area contributed by atoms with Gasteiger partial charge in [0.2, 0.25) is 6.23 Å². The van der Waals surface area contributed by atoms with Gasteiger partial charge in [-0.15, -0.1) is 0 Å². The van der Waals surface area contributed by atoms with E-state index >= 15 is 0 Å². The molecule has 3 aromatic rings. The first kappa shape index (κ1) is 18.1. The molecule has 0 bridgehead atoms. The van der Waals surface area contributed by atoms with Crippen LogP contribution in [0, 0.1) is 0 Å². The van der Waals surface area contributed by atoms with Gasteiger partial charge >= 0.3 is 0 Å². The van der Waals surface area contributed by atoms with E-state index in [1.54, 1.807) is 0 Å². The lowest BCUT2D eigenvalue weighted by Crippen LogP contribution is -2.33. The van der Waals surface area contributed by atoms with Crippen molar-refractivity contribution in [3.8, 4) is 11.5 Å². The van der Waals surface area contributed by atoms with Crippen LogP contribution in [-0.2, 0) is 0 Å². The molecule has 0 amide bonds. The average Bonchev–Trinajstić information content (AvgIpc) is 3.20. The van der Waals surface area contributed by atoms with Gasteiger partial charge in [0.05, 0.1) is 18.4 Å². The molecule has 0 unspecified atom stereocenters. The molecular formula is C24H21ClN2O2. The maximum atomic E-state index is 6.36. The fraction of sp³-hybridized carbons (Fsp3) is 0.208. The van der Waals surface area contributed by atoms with Crippen molar-refractivity contribution in [2.24, 2.45) is 5.10 Å². The molecule has 0 aliphatic carbocycles. The second-order valence-electron chi connectivity index (χ2n) is 7.17. The Morgan fingerprint density at radius 2 is 1.86 bits per heavy atom. The standard InChI is InChI=1S/C24H21ClN2O2/c1-2-28-19-11-8-16(9-12-19)21-15-22-20-14-18(25)10-13-23(20)29-24(27(22)26-21)17-6-4-3-5-7-17/h3-14,22,24H,2,15H2,1H3/t22-,24-/m0/s1. The third kappa shape index (κ3) is 3.34. The minimum Gasteiger partial charge on any atom is -0.494 e.